The molecule has 0 aliphatic carbocycles. The Hall–Kier alpha value is -1.40. The smallest absolute Gasteiger partial charge is 0.141 e. The van der Waals surface area contributed by atoms with Crippen molar-refractivity contribution in [2.75, 3.05) is 13.7 Å². The van der Waals surface area contributed by atoms with Crippen LogP contribution in [-0.4, -0.2) is 28.4 Å². The quantitative estimate of drug-likeness (QED) is 0.832. The number of halogens is 1. The van der Waals surface area contributed by atoms with E-state index < -0.39 is 0 Å². The molecule has 0 fully saturated rings. The molecule has 0 amide bonds. The van der Waals surface area contributed by atoms with E-state index in [1.165, 1.54) is 0 Å². The molecule has 2 aromatic rings. The molecule has 1 N–H and O–H groups in total. The molecule has 1 heterocycles. The van der Waals surface area contributed by atoms with Crippen molar-refractivity contribution < 1.29 is 4.74 Å². The highest BCUT2D eigenvalue weighted by Crippen LogP contribution is 2.23. The zero-order valence-corrected chi connectivity index (χ0v) is 14.2. The Morgan fingerprint density at radius 3 is 2.90 bits per heavy atom. The average Bonchev–Trinajstić information content (AvgIpc) is 2.86. The number of aromatic nitrogens is 3. The van der Waals surface area contributed by atoms with E-state index >= 15 is 0 Å². The van der Waals surface area contributed by atoms with E-state index in [9.17, 15) is 0 Å². The topological polar surface area (TPSA) is 52.0 Å². The third-order valence-electron chi connectivity index (χ3n) is 3.09. The largest absolute Gasteiger partial charge is 0.496 e. The van der Waals surface area contributed by atoms with E-state index in [-0.39, 0.29) is 0 Å². The van der Waals surface area contributed by atoms with Gasteiger partial charge in [0.1, 0.15) is 17.9 Å². The Labute approximate surface area is 133 Å². The summed E-state index contributed by atoms with van der Waals surface area (Å²) in [7, 11) is 1.68. The first-order chi connectivity index (χ1) is 10.1. The first kappa shape index (κ1) is 16.0. The molecule has 0 saturated heterocycles. The highest BCUT2D eigenvalue weighted by Gasteiger charge is 2.09. The summed E-state index contributed by atoms with van der Waals surface area (Å²) in [6.45, 7) is 6.69. The van der Waals surface area contributed by atoms with Crippen molar-refractivity contribution in [3.8, 4) is 5.75 Å². The van der Waals surface area contributed by atoms with Crippen LogP contribution in [0.25, 0.3) is 0 Å². The molecule has 0 saturated carbocycles. The lowest BCUT2D eigenvalue weighted by Crippen LogP contribution is -2.22. The van der Waals surface area contributed by atoms with E-state index in [0.29, 0.717) is 19.0 Å². The number of rotatable bonds is 7. The summed E-state index contributed by atoms with van der Waals surface area (Å²) in [5, 5.41) is 7.70. The summed E-state index contributed by atoms with van der Waals surface area (Å²) in [5.74, 6) is 2.40. The molecule has 0 atom stereocenters. The Morgan fingerprint density at radius 2 is 2.19 bits per heavy atom. The first-order valence-corrected chi connectivity index (χ1v) is 7.79. The zero-order valence-electron chi connectivity index (χ0n) is 12.6. The van der Waals surface area contributed by atoms with Gasteiger partial charge in [0.05, 0.1) is 20.2 Å². The maximum atomic E-state index is 5.40. The van der Waals surface area contributed by atoms with Gasteiger partial charge in [-0.1, -0.05) is 29.8 Å². The van der Waals surface area contributed by atoms with Crippen LogP contribution in [0, 0.1) is 5.92 Å². The second kappa shape index (κ2) is 7.56. The third kappa shape index (κ3) is 4.54. The fourth-order valence-electron chi connectivity index (χ4n) is 2.06. The molecule has 5 nitrogen and oxygen atoms in total. The molecule has 2 rings (SSSR count). The lowest BCUT2D eigenvalue weighted by atomic mass is 10.2. The molecule has 0 aliphatic heterocycles. The number of ether oxygens (including phenoxy) is 1. The highest BCUT2D eigenvalue weighted by molar-refractivity contribution is 9.10. The van der Waals surface area contributed by atoms with E-state index in [0.717, 1.165) is 28.2 Å². The Kier molecular flexibility index (Phi) is 5.76. The van der Waals surface area contributed by atoms with Gasteiger partial charge in [-0.05, 0) is 30.7 Å². The summed E-state index contributed by atoms with van der Waals surface area (Å²) >= 11 is 3.49. The van der Waals surface area contributed by atoms with E-state index in [1.54, 1.807) is 13.4 Å². The van der Waals surface area contributed by atoms with E-state index in [2.05, 4.69) is 45.2 Å². The molecular weight excluding hydrogens is 332 g/mol. The number of hydrogen-bond donors (Lipinski definition) is 1. The summed E-state index contributed by atoms with van der Waals surface area (Å²) in [5.41, 5.74) is 1.07. The van der Waals surface area contributed by atoms with Gasteiger partial charge in [-0.25, -0.2) is 9.67 Å². The minimum Gasteiger partial charge on any atom is -0.496 e. The van der Waals surface area contributed by atoms with Gasteiger partial charge >= 0.3 is 0 Å². The minimum atomic E-state index is 0.617. The summed E-state index contributed by atoms with van der Waals surface area (Å²) in [4.78, 5) is 4.32. The van der Waals surface area contributed by atoms with E-state index in [1.807, 2.05) is 22.9 Å². The molecule has 0 aliphatic rings. The van der Waals surface area contributed by atoms with Crippen LogP contribution in [-0.2, 0) is 13.1 Å². The van der Waals surface area contributed by atoms with Crippen molar-refractivity contribution in [3.05, 3.63) is 40.4 Å². The van der Waals surface area contributed by atoms with Gasteiger partial charge in [0.15, 0.2) is 0 Å². The lowest BCUT2D eigenvalue weighted by molar-refractivity contribution is 0.406. The van der Waals surface area contributed by atoms with Crippen molar-refractivity contribution in [2.24, 2.45) is 5.92 Å². The summed E-state index contributed by atoms with van der Waals surface area (Å²) in [6.07, 6.45) is 1.59. The monoisotopic (exact) mass is 352 g/mol. The predicted octanol–water partition coefficient (Wildman–Crippen LogP) is 2.84. The number of hydrogen-bond acceptors (Lipinski definition) is 4. The molecule has 21 heavy (non-hydrogen) atoms. The highest BCUT2D eigenvalue weighted by atomic mass is 79.9. The lowest BCUT2D eigenvalue weighted by Gasteiger charge is -2.12. The predicted molar refractivity (Wildman–Crippen MR) is 86.4 cm³/mol. The molecule has 1 aromatic heterocycles. The molecule has 0 radical (unpaired) electrons. The van der Waals surface area contributed by atoms with Gasteiger partial charge in [-0.2, -0.15) is 5.10 Å². The van der Waals surface area contributed by atoms with Crippen molar-refractivity contribution in [2.45, 2.75) is 26.9 Å². The third-order valence-corrected chi connectivity index (χ3v) is 3.59. The normalized spacial score (nSPS) is 11.1. The van der Waals surface area contributed by atoms with E-state index in [4.69, 9.17) is 4.74 Å². The van der Waals surface area contributed by atoms with Gasteiger partial charge in [0.2, 0.25) is 0 Å². The molecule has 0 spiro atoms. The van der Waals surface area contributed by atoms with Crippen molar-refractivity contribution in [3.63, 3.8) is 0 Å². The number of nitrogens with zero attached hydrogens (tertiary/aromatic N) is 3. The van der Waals surface area contributed by atoms with Crippen LogP contribution < -0.4 is 10.1 Å². The SMILES string of the molecule is COc1ccc(Br)cc1Cn1ncnc1CNCC(C)C. The summed E-state index contributed by atoms with van der Waals surface area (Å²) < 4.78 is 8.33. The maximum Gasteiger partial charge on any atom is 0.141 e. The van der Waals surface area contributed by atoms with Gasteiger partial charge < -0.3 is 10.1 Å². The Morgan fingerprint density at radius 1 is 1.38 bits per heavy atom. The van der Waals surface area contributed by atoms with Crippen LogP contribution in [0.5, 0.6) is 5.75 Å². The number of methoxy groups -OCH3 is 1. The van der Waals surface area contributed by atoms with Gasteiger partial charge in [-0.3, -0.25) is 0 Å². The second-order valence-electron chi connectivity index (χ2n) is 5.31. The number of benzene rings is 1. The van der Waals surface area contributed by atoms with Gasteiger partial charge in [0.25, 0.3) is 0 Å². The van der Waals surface area contributed by atoms with Crippen molar-refractivity contribution in [1.82, 2.24) is 20.1 Å². The Bertz CT molecular complexity index is 583. The molecule has 0 unspecified atom stereocenters. The molecule has 114 valence electrons. The van der Waals surface area contributed by atoms with Gasteiger partial charge in [0, 0.05) is 10.0 Å². The van der Waals surface area contributed by atoms with Crippen LogP contribution in [0.2, 0.25) is 0 Å². The zero-order chi connectivity index (χ0) is 15.2. The van der Waals surface area contributed by atoms with Crippen molar-refractivity contribution in [1.29, 1.82) is 0 Å². The average molecular weight is 353 g/mol. The van der Waals surface area contributed by atoms with Crippen LogP contribution in [0.1, 0.15) is 25.2 Å². The molecular formula is C15H21BrN4O. The molecule has 6 heteroatoms. The first-order valence-electron chi connectivity index (χ1n) is 7.00. The van der Waals surface area contributed by atoms with Gasteiger partial charge in [-0.15, -0.1) is 0 Å². The van der Waals surface area contributed by atoms with Crippen LogP contribution >= 0.6 is 15.9 Å². The summed E-state index contributed by atoms with van der Waals surface area (Å²) in [6, 6.07) is 5.97. The fourth-order valence-corrected chi connectivity index (χ4v) is 2.47. The Balaban J connectivity index is 2.10. The maximum absolute atomic E-state index is 5.40. The molecule has 0 bridgehead atoms. The van der Waals surface area contributed by atoms with Crippen molar-refractivity contribution >= 4 is 15.9 Å². The second-order valence-corrected chi connectivity index (χ2v) is 6.23. The van der Waals surface area contributed by atoms with Crippen LogP contribution in [0.3, 0.4) is 0 Å². The van der Waals surface area contributed by atoms with Crippen LogP contribution in [0.4, 0.5) is 0 Å². The number of nitrogens with one attached hydrogen (secondary N) is 1. The minimum absolute atomic E-state index is 0.617. The van der Waals surface area contributed by atoms with Crippen LogP contribution in [0.15, 0.2) is 29.0 Å². The fraction of sp³-hybridized carbons (Fsp3) is 0.467. The molecule has 1 aromatic carbocycles. The standard InChI is InChI=1S/C15H21BrN4O/c1-11(2)7-17-8-15-18-10-19-20(15)9-12-6-13(16)4-5-14(12)21-3/h4-6,10-11,17H,7-9H2,1-3H3.